The average molecular weight is 863 g/mol. The van der Waals surface area contributed by atoms with Crippen LogP contribution in [0.1, 0.15) is 236 Å². The van der Waals surface area contributed by atoms with Gasteiger partial charge in [0.05, 0.1) is 16.7 Å². The maximum atomic E-state index is 13.5. The van der Waals surface area contributed by atoms with Gasteiger partial charge in [-0.1, -0.05) is 206 Å². The zero-order valence-electron chi connectivity index (χ0n) is 40.0. The maximum absolute atomic E-state index is 13.5. The van der Waals surface area contributed by atoms with E-state index in [9.17, 15) is 30.3 Å². The summed E-state index contributed by atoms with van der Waals surface area (Å²) in [4.78, 5) is 17.4. The molecule has 3 rings (SSSR count). The molecule has 1 aliphatic carbocycles. The number of hydrogen-bond acceptors (Lipinski definition) is 8. The highest BCUT2D eigenvalue weighted by molar-refractivity contribution is 6.33. The predicted molar refractivity (Wildman–Crippen MR) is 262 cm³/mol. The highest BCUT2D eigenvalue weighted by Gasteiger charge is 2.46. The lowest BCUT2D eigenvalue weighted by molar-refractivity contribution is -0.116. The van der Waals surface area contributed by atoms with Crippen molar-refractivity contribution in [3.63, 3.8) is 0 Å². The van der Waals surface area contributed by atoms with Crippen LogP contribution >= 0.6 is 0 Å². The summed E-state index contributed by atoms with van der Waals surface area (Å²) < 4.78 is 0. The van der Waals surface area contributed by atoms with Gasteiger partial charge in [0.15, 0.2) is 5.78 Å². The van der Waals surface area contributed by atoms with E-state index < -0.39 is 17.5 Å². The van der Waals surface area contributed by atoms with Crippen molar-refractivity contribution >= 4 is 22.7 Å². The summed E-state index contributed by atoms with van der Waals surface area (Å²) in [6.07, 6.45) is 41.9. The molecule has 0 aliphatic heterocycles. The number of aliphatic hydroxyl groups is 1. The molecule has 5 N–H and O–H groups in total. The molecule has 0 aromatic heterocycles. The molecule has 0 fully saturated rings. The fraction of sp³-hybridized carbons (Fsp3) is 0.722. The monoisotopic (exact) mass is 863 g/mol. The number of allylic oxidation sites excluding steroid dienone is 2. The van der Waals surface area contributed by atoms with E-state index >= 15 is 0 Å². The lowest BCUT2D eigenvalue weighted by atomic mass is 9.74. The smallest absolute Gasteiger partial charge is 0.182 e. The van der Waals surface area contributed by atoms with Gasteiger partial charge >= 0.3 is 0 Å². The largest absolute Gasteiger partial charge is 0.510 e. The first-order valence-electron chi connectivity index (χ1n) is 25.6. The minimum Gasteiger partial charge on any atom is -0.510 e. The molecule has 0 heterocycles. The van der Waals surface area contributed by atoms with Crippen molar-refractivity contribution in [3.8, 4) is 23.0 Å². The molecule has 0 saturated carbocycles. The summed E-state index contributed by atoms with van der Waals surface area (Å²) in [7, 11) is 3.82. The highest BCUT2D eigenvalue weighted by Crippen LogP contribution is 2.53. The summed E-state index contributed by atoms with van der Waals surface area (Å²) in [5.41, 5.74) is 0.806. The molecule has 0 saturated heterocycles. The minimum atomic E-state index is -1.29. The fourth-order valence-corrected chi connectivity index (χ4v) is 9.23. The van der Waals surface area contributed by atoms with E-state index in [-0.39, 0.29) is 39.7 Å². The van der Waals surface area contributed by atoms with Crippen LogP contribution in [0.5, 0.6) is 23.0 Å². The van der Waals surface area contributed by atoms with E-state index in [1.807, 2.05) is 23.9 Å². The number of nitrogens with zero attached hydrogens (tertiary/aromatic N) is 2. The third-order valence-corrected chi connectivity index (χ3v) is 13.4. The van der Waals surface area contributed by atoms with Gasteiger partial charge in [0.25, 0.3) is 0 Å². The van der Waals surface area contributed by atoms with Crippen LogP contribution in [-0.4, -0.2) is 58.5 Å². The molecule has 0 amide bonds. The number of phenolic OH excluding ortho intramolecular Hbond substituents is 4. The van der Waals surface area contributed by atoms with Crippen LogP contribution in [0, 0.1) is 0 Å². The zero-order chi connectivity index (χ0) is 45.0. The Hall–Kier alpha value is -3.55. The van der Waals surface area contributed by atoms with Crippen LogP contribution < -0.4 is 9.80 Å². The van der Waals surface area contributed by atoms with Crippen LogP contribution in [-0.2, 0) is 4.79 Å². The summed E-state index contributed by atoms with van der Waals surface area (Å²) in [5, 5.41) is 55.1. The van der Waals surface area contributed by atoms with Crippen molar-refractivity contribution < 1.29 is 30.3 Å². The van der Waals surface area contributed by atoms with Gasteiger partial charge in [-0.25, -0.2) is 0 Å². The lowest BCUT2D eigenvalue weighted by Gasteiger charge is -2.31. The van der Waals surface area contributed by atoms with E-state index in [0.717, 1.165) is 38.8 Å². The molecule has 2 aromatic rings. The average Bonchev–Trinajstić information content (AvgIpc) is 3.25. The quantitative estimate of drug-likeness (QED) is 0.0423. The van der Waals surface area contributed by atoms with Crippen LogP contribution in [0.4, 0.5) is 11.4 Å². The van der Waals surface area contributed by atoms with E-state index in [1.54, 1.807) is 0 Å². The van der Waals surface area contributed by atoms with Gasteiger partial charge in [-0.15, -0.1) is 0 Å². The summed E-state index contributed by atoms with van der Waals surface area (Å²) in [6, 6.07) is 6.03. The number of rotatable bonds is 38. The summed E-state index contributed by atoms with van der Waals surface area (Å²) >= 11 is 0. The Morgan fingerprint density at radius 3 is 0.935 bits per heavy atom. The topological polar surface area (TPSA) is 125 Å². The van der Waals surface area contributed by atoms with Gasteiger partial charge < -0.3 is 35.3 Å². The third-order valence-electron chi connectivity index (χ3n) is 13.4. The number of ketones is 1. The molecule has 0 spiro atoms. The molecule has 0 radical (unpaired) electrons. The van der Waals surface area contributed by atoms with Gasteiger partial charge in [-0.2, -0.15) is 0 Å². The number of anilines is 2. The van der Waals surface area contributed by atoms with Crippen LogP contribution in [0.3, 0.4) is 0 Å². The summed E-state index contributed by atoms with van der Waals surface area (Å²) in [6.45, 7) is 6.06. The van der Waals surface area contributed by atoms with Crippen molar-refractivity contribution in [2.24, 2.45) is 0 Å². The second-order valence-electron chi connectivity index (χ2n) is 18.8. The van der Waals surface area contributed by atoms with Crippen molar-refractivity contribution in [3.05, 3.63) is 41.2 Å². The Bertz CT molecular complexity index is 1530. The van der Waals surface area contributed by atoms with Crippen molar-refractivity contribution in [2.75, 3.05) is 37.0 Å². The first kappa shape index (κ1) is 52.8. The first-order chi connectivity index (χ1) is 30.1. The predicted octanol–water partition coefficient (Wildman–Crippen LogP) is 15.5. The van der Waals surface area contributed by atoms with Crippen molar-refractivity contribution in [2.45, 2.75) is 225 Å². The van der Waals surface area contributed by atoms with E-state index in [2.05, 4.69) is 13.8 Å². The van der Waals surface area contributed by atoms with Gasteiger partial charge in [-0.05, 0) is 12.8 Å². The Balaban J connectivity index is 1.35. The second-order valence-corrected chi connectivity index (χ2v) is 18.8. The zero-order valence-corrected chi connectivity index (χ0v) is 40.0. The normalized spacial score (nSPS) is 13.9. The molecule has 1 atom stereocenters. The lowest BCUT2D eigenvalue weighted by Crippen LogP contribution is -2.29. The van der Waals surface area contributed by atoms with E-state index in [4.69, 9.17) is 0 Å². The van der Waals surface area contributed by atoms with Gasteiger partial charge in [0.2, 0.25) is 0 Å². The van der Waals surface area contributed by atoms with Gasteiger partial charge in [0, 0.05) is 62.8 Å². The van der Waals surface area contributed by atoms with Crippen LogP contribution in [0.25, 0.3) is 5.57 Å². The van der Waals surface area contributed by atoms with Gasteiger partial charge in [-0.3, -0.25) is 4.79 Å². The first-order valence-corrected chi connectivity index (χ1v) is 25.6. The third kappa shape index (κ3) is 18.7. The summed E-state index contributed by atoms with van der Waals surface area (Å²) in [5.74, 6) is -3.50. The van der Waals surface area contributed by atoms with Crippen molar-refractivity contribution in [1.82, 2.24) is 0 Å². The Labute approximate surface area is 378 Å². The number of aromatic hydroxyl groups is 4. The SMILES string of the molecule is CCCCCCCCCCCCCCCCCCN(C)c1cc(O)c(C2=C(O)C(c3c(O)cc(N(C)CCCCCCCCCCCCCCCCCC)cc3O)C2=O)c(O)c1. The molecule has 8 heteroatoms. The molecule has 352 valence electrons. The minimum absolute atomic E-state index is 0.0788. The maximum Gasteiger partial charge on any atom is 0.182 e. The number of Topliss-reactive ketones (excluding diaryl/α,β-unsaturated/α-hetero) is 1. The molecule has 62 heavy (non-hydrogen) atoms. The van der Waals surface area contributed by atoms with Crippen LogP contribution in [0.2, 0.25) is 0 Å². The molecule has 0 bridgehead atoms. The molecular weight excluding hydrogens is 773 g/mol. The highest BCUT2D eigenvalue weighted by atomic mass is 16.3. The Morgan fingerprint density at radius 2 is 0.661 bits per heavy atom. The van der Waals surface area contributed by atoms with Crippen LogP contribution in [0.15, 0.2) is 30.0 Å². The molecule has 1 aliphatic rings. The number of unbranched alkanes of at least 4 members (excludes halogenated alkanes) is 30. The number of hydrogen-bond donors (Lipinski definition) is 5. The number of carbonyl (C=O) groups is 1. The second kappa shape index (κ2) is 31.3. The number of phenols is 4. The number of aliphatic hydroxyl groups excluding tert-OH is 1. The molecule has 8 nitrogen and oxygen atoms in total. The number of benzene rings is 2. The molecule has 1 unspecified atom stereocenters. The fourth-order valence-electron chi connectivity index (χ4n) is 9.23. The van der Waals surface area contributed by atoms with Gasteiger partial charge in [0.1, 0.15) is 34.7 Å². The molecular formula is C54H90N2O6. The number of carbonyl (C=O) groups excluding carboxylic acids is 1. The Kier molecular flexibility index (Phi) is 26.7. The van der Waals surface area contributed by atoms with Crippen molar-refractivity contribution in [1.29, 1.82) is 0 Å². The molecule has 2 aromatic carbocycles. The van der Waals surface area contributed by atoms with E-state index in [0.29, 0.717) is 11.4 Å². The Morgan fingerprint density at radius 1 is 0.403 bits per heavy atom. The van der Waals surface area contributed by atoms with E-state index in [1.165, 1.54) is 204 Å². The standard InChI is InChI=1S/C54H90N2O6/c1-5-7-9-11-13-15-17-19-21-23-25-27-29-31-33-35-37-55(3)43-39-45(57)49(46(58)40-43)51-53(61)52(54(51)62)50-47(59)41-44(42-48(50)60)56(4)38-36-34-32-30-28-26-24-22-20-18-16-14-12-10-8-6-2/h39-42,51,57-61H,5-38H2,1-4H3.